The Balaban J connectivity index is 2.75. The Kier molecular flexibility index (Phi) is 4.35. The second-order valence-corrected chi connectivity index (χ2v) is 3.07. The van der Waals surface area contributed by atoms with Gasteiger partial charge in [0.1, 0.15) is 5.75 Å². The summed E-state index contributed by atoms with van der Waals surface area (Å²) in [5.74, 6) is 1.26. The van der Waals surface area contributed by atoms with Gasteiger partial charge in [0.15, 0.2) is 0 Å². The number of rotatable bonds is 3. The third-order valence-electron chi connectivity index (χ3n) is 1.77. The summed E-state index contributed by atoms with van der Waals surface area (Å²) in [6.45, 7) is 7.57. The molecule has 0 aromatic heterocycles. The fourth-order valence-electron chi connectivity index (χ4n) is 0.996. The van der Waals surface area contributed by atoms with Gasteiger partial charge in [-0.25, -0.2) is 4.99 Å². The van der Waals surface area contributed by atoms with Crippen LogP contribution in [-0.4, -0.2) is 5.90 Å². The lowest BCUT2D eigenvalue weighted by Crippen LogP contribution is -2.03. The van der Waals surface area contributed by atoms with E-state index in [4.69, 9.17) is 4.74 Å². The normalized spacial score (nSPS) is 11.7. The maximum absolute atomic E-state index is 5.50. The van der Waals surface area contributed by atoms with Crippen LogP contribution in [0.1, 0.15) is 12.5 Å². The van der Waals surface area contributed by atoms with Crippen molar-refractivity contribution in [3.05, 3.63) is 54.8 Å². The van der Waals surface area contributed by atoms with Crippen LogP contribution in [0, 0.1) is 6.92 Å². The number of hydrogen-bond donors (Lipinski definition) is 0. The molecule has 0 radical (unpaired) electrons. The molecule has 0 fully saturated rings. The predicted octanol–water partition coefficient (Wildman–Crippen LogP) is 3.49. The van der Waals surface area contributed by atoms with E-state index in [2.05, 4.69) is 11.6 Å². The third kappa shape index (κ3) is 3.81. The quantitative estimate of drug-likeness (QED) is 0.542. The van der Waals surface area contributed by atoms with Crippen LogP contribution < -0.4 is 4.74 Å². The SMILES string of the molecule is C=C/C(=N\C=C/C)Oc1ccc(C)cc1. The fourth-order valence-corrected chi connectivity index (χ4v) is 0.996. The molecule has 0 aliphatic rings. The van der Waals surface area contributed by atoms with E-state index in [1.54, 1.807) is 12.3 Å². The van der Waals surface area contributed by atoms with Crippen molar-refractivity contribution in [2.75, 3.05) is 0 Å². The minimum Gasteiger partial charge on any atom is -0.439 e. The van der Waals surface area contributed by atoms with Crippen molar-refractivity contribution in [3.8, 4) is 5.75 Å². The van der Waals surface area contributed by atoms with Crippen molar-refractivity contribution < 1.29 is 4.74 Å². The van der Waals surface area contributed by atoms with Crippen LogP contribution in [0.2, 0.25) is 0 Å². The van der Waals surface area contributed by atoms with E-state index in [9.17, 15) is 0 Å². The molecule has 15 heavy (non-hydrogen) atoms. The molecule has 2 heteroatoms. The van der Waals surface area contributed by atoms with E-state index in [1.165, 1.54) is 5.56 Å². The summed E-state index contributed by atoms with van der Waals surface area (Å²) in [5, 5.41) is 0. The zero-order valence-electron chi connectivity index (χ0n) is 9.10. The lowest BCUT2D eigenvalue weighted by atomic mass is 10.2. The summed E-state index contributed by atoms with van der Waals surface area (Å²) in [6.07, 6.45) is 5.09. The number of aliphatic imine (C=N–C) groups is 1. The zero-order chi connectivity index (χ0) is 11.1. The second kappa shape index (κ2) is 5.81. The molecule has 0 unspecified atom stereocenters. The lowest BCUT2D eigenvalue weighted by molar-refractivity contribution is 0.555. The monoisotopic (exact) mass is 201 g/mol. The van der Waals surface area contributed by atoms with Gasteiger partial charge in [-0.05, 0) is 32.1 Å². The van der Waals surface area contributed by atoms with E-state index < -0.39 is 0 Å². The van der Waals surface area contributed by atoms with Crippen LogP contribution in [0.4, 0.5) is 0 Å². The van der Waals surface area contributed by atoms with Crippen molar-refractivity contribution in [2.45, 2.75) is 13.8 Å². The van der Waals surface area contributed by atoms with Crippen molar-refractivity contribution >= 4 is 5.90 Å². The van der Waals surface area contributed by atoms with Crippen LogP contribution in [0.5, 0.6) is 5.75 Å². The Bertz CT molecular complexity index is 374. The van der Waals surface area contributed by atoms with Crippen LogP contribution >= 0.6 is 0 Å². The van der Waals surface area contributed by atoms with E-state index >= 15 is 0 Å². The molecule has 0 atom stereocenters. The van der Waals surface area contributed by atoms with Crippen LogP contribution in [0.25, 0.3) is 0 Å². The molecule has 2 nitrogen and oxygen atoms in total. The average Bonchev–Trinajstić information content (AvgIpc) is 2.27. The van der Waals surface area contributed by atoms with Gasteiger partial charge in [0.05, 0.1) is 0 Å². The highest BCUT2D eigenvalue weighted by atomic mass is 16.5. The van der Waals surface area contributed by atoms with Crippen LogP contribution in [0.15, 0.2) is 54.2 Å². The molecule has 1 aromatic carbocycles. The van der Waals surface area contributed by atoms with Gasteiger partial charge in [0.25, 0.3) is 0 Å². The molecular weight excluding hydrogens is 186 g/mol. The topological polar surface area (TPSA) is 21.6 Å². The van der Waals surface area contributed by atoms with E-state index in [0.717, 1.165) is 5.75 Å². The molecule has 1 rings (SSSR count). The van der Waals surface area contributed by atoms with Gasteiger partial charge in [-0.3, -0.25) is 0 Å². The first-order valence-electron chi connectivity index (χ1n) is 4.82. The van der Waals surface area contributed by atoms with Crippen LogP contribution in [-0.2, 0) is 0 Å². The first-order chi connectivity index (χ1) is 7.26. The van der Waals surface area contributed by atoms with Gasteiger partial charge < -0.3 is 4.74 Å². The number of hydrogen-bond acceptors (Lipinski definition) is 2. The number of aryl methyl sites for hydroxylation is 1. The minimum atomic E-state index is 0.497. The summed E-state index contributed by atoms with van der Waals surface area (Å²) in [5.41, 5.74) is 1.20. The average molecular weight is 201 g/mol. The first-order valence-corrected chi connectivity index (χ1v) is 4.82. The Morgan fingerprint density at radius 3 is 2.53 bits per heavy atom. The Hall–Kier alpha value is -1.83. The Labute approximate surface area is 90.6 Å². The van der Waals surface area contributed by atoms with Gasteiger partial charge in [-0.1, -0.05) is 30.4 Å². The number of nitrogens with zero attached hydrogens (tertiary/aromatic N) is 1. The summed E-state index contributed by atoms with van der Waals surface area (Å²) in [4.78, 5) is 4.07. The minimum absolute atomic E-state index is 0.497. The first kappa shape index (κ1) is 11.2. The highest BCUT2D eigenvalue weighted by Gasteiger charge is 1.96. The van der Waals surface area contributed by atoms with E-state index in [0.29, 0.717) is 5.90 Å². The van der Waals surface area contributed by atoms with E-state index in [1.807, 2.05) is 44.2 Å². The third-order valence-corrected chi connectivity index (χ3v) is 1.77. The van der Waals surface area contributed by atoms with Crippen molar-refractivity contribution in [1.82, 2.24) is 0 Å². The molecule has 0 aliphatic carbocycles. The van der Waals surface area contributed by atoms with Crippen molar-refractivity contribution in [3.63, 3.8) is 0 Å². The van der Waals surface area contributed by atoms with Crippen molar-refractivity contribution in [2.24, 2.45) is 4.99 Å². The highest BCUT2D eigenvalue weighted by Crippen LogP contribution is 2.12. The van der Waals surface area contributed by atoms with Crippen LogP contribution in [0.3, 0.4) is 0 Å². The molecule has 0 heterocycles. The Morgan fingerprint density at radius 2 is 2.00 bits per heavy atom. The molecule has 0 spiro atoms. The maximum Gasteiger partial charge on any atom is 0.218 e. The number of benzene rings is 1. The smallest absolute Gasteiger partial charge is 0.218 e. The summed E-state index contributed by atoms with van der Waals surface area (Å²) < 4.78 is 5.50. The molecule has 1 aromatic rings. The zero-order valence-corrected chi connectivity index (χ0v) is 9.10. The molecule has 0 saturated heterocycles. The standard InChI is InChI=1S/C13H15NO/c1-4-10-14-13(5-2)15-12-8-6-11(3)7-9-12/h4-10H,2H2,1,3H3/b10-4-,14-13+. The summed E-state index contributed by atoms with van der Waals surface area (Å²) in [7, 11) is 0. The van der Waals surface area contributed by atoms with Gasteiger partial charge in [-0.15, -0.1) is 0 Å². The molecule has 0 amide bonds. The molecule has 0 N–H and O–H groups in total. The van der Waals surface area contributed by atoms with Crippen molar-refractivity contribution in [1.29, 1.82) is 0 Å². The van der Waals surface area contributed by atoms with Gasteiger partial charge in [0.2, 0.25) is 5.90 Å². The summed E-state index contributed by atoms with van der Waals surface area (Å²) >= 11 is 0. The molecule has 0 aliphatic heterocycles. The number of allylic oxidation sites excluding steroid dienone is 1. The summed E-state index contributed by atoms with van der Waals surface area (Å²) in [6, 6.07) is 7.80. The second-order valence-electron chi connectivity index (χ2n) is 3.07. The van der Waals surface area contributed by atoms with Gasteiger partial charge >= 0.3 is 0 Å². The highest BCUT2D eigenvalue weighted by molar-refractivity contribution is 5.89. The fraction of sp³-hybridized carbons (Fsp3) is 0.154. The van der Waals surface area contributed by atoms with E-state index in [-0.39, 0.29) is 0 Å². The molecule has 0 bridgehead atoms. The largest absolute Gasteiger partial charge is 0.439 e. The lowest BCUT2D eigenvalue weighted by Gasteiger charge is -2.04. The predicted molar refractivity (Wildman–Crippen MR) is 64.3 cm³/mol. The molecule has 0 saturated carbocycles. The molecule has 78 valence electrons. The van der Waals surface area contributed by atoms with Gasteiger partial charge in [0, 0.05) is 6.20 Å². The maximum atomic E-state index is 5.50. The molecular formula is C13H15NO. The Morgan fingerprint density at radius 1 is 1.33 bits per heavy atom. The van der Waals surface area contributed by atoms with Gasteiger partial charge in [-0.2, -0.15) is 0 Å². The number of ether oxygens (including phenoxy) is 1.